The van der Waals surface area contributed by atoms with Crippen LogP contribution in [0.5, 0.6) is 0 Å². The number of carbonyl (C=O) groups is 1. The van der Waals surface area contributed by atoms with Crippen molar-refractivity contribution in [3.05, 3.63) is 11.4 Å². The number of rotatable bonds is 6. The highest BCUT2D eigenvalue weighted by atomic mass is 16.5. The van der Waals surface area contributed by atoms with Crippen molar-refractivity contribution >= 4 is 5.91 Å². The molecule has 0 radical (unpaired) electrons. The van der Waals surface area contributed by atoms with Crippen LogP contribution in [0.1, 0.15) is 29.0 Å². The van der Waals surface area contributed by atoms with Crippen LogP contribution in [-0.2, 0) is 22.4 Å². The highest BCUT2D eigenvalue weighted by Gasteiger charge is 2.22. The monoisotopic (exact) mass is 254 g/mol. The Morgan fingerprint density at radius 1 is 1.67 bits per heavy atom. The van der Waals surface area contributed by atoms with Crippen molar-refractivity contribution in [2.45, 2.75) is 31.9 Å². The first kappa shape index (κ1) is 13.0. The van der Waals surface area contributed by atoms with E-state index in [0.717, 1.165) is 25.1 Å². The molecule has 18 heavy (non-hydrogen) atoms. The van der Waals surface area contributed by atoms with Gasteiger partial charge in [0.15, 0.2) is 5.69 Å². The van der Waals surface area contributed by atoms with Crippen molar-refractivity contribution < 1.29 is 14.3 Å². The number of hydrogen-bond donors (Lipinski definition) is 1. The predicted octanol–water partition coefficient (Wildman–Crippen LogP) is -0.255. The molecule has 0 aliphatic carbocycles. The number of carbonyl (C=O) groups excluding carboxylic acids is 1. The second kappa shape index (κ2) is 5.92. The van der Waals surface area contributed by atoms with Gasteiger partial charge in [-0.1, -0.05) is 5.21 Å². The number of amides is 1. The summed E-state index contributed by atoms with van der Waals surface area (Å²) in [4.78, 5) is 11.3. The zero-order valence-electron chi connectivity index (χ0n) is 10.5. The number of ether oxygens (including phenoxy) is 2. The third-order valence-corrected chi connectivity index (χ3v) is 3.01. The molecule has 7 heteroatoms. The molecule has 0 saturated carbocycles. The molecule has 1 aromatic heterocycles. The highest BCUT2D eigenvalue weighted by molar-refractivity contribution is 5.91. The summed E-state index contributed by atoms with van der Waals surface area (Å²) in [5, 5.41) is 7.82. The number of aromatic nitrogens is 3. The third-order valence-electron chi connectivity index (χ3n) is 3.01. The van der Waals surface area contributed by atoms with Gasteiger partial charge in [-0.2, -0.15) is 0 Å². The molecule has 1 aliphatic rings. The molecule has 0 aromatic carbocycles. The van der Waals surface area contributed by atoms with Gasteiger partial charge in [0.1, 0.15) is 0 Å². The molecule has 1 atom stereocenters. The highest BCUT2D eigenvalue weighted by Crippen LogP contribution is 2.15. The van der Waals surface area contributed by atoms with E-state index < -0.39 is 5.91 Å². The lowest BCUT2D eigenvalue weighted by Crippen LogP contribution is -2.20. The number of nitrogens with two attached hydrogens (primary N) is 1. The molecule has 100 valence electrons. The van der Waals surface area contributed by atoms with Gasteiger partial charge in [-0.15, -0.1) is 5.10 Å². The second-order valence-electron chi connectivity index (χ2n) is 4.31. The molecule has 1 unspecified atom stereocenters. The van der Waals surface area contributed by atoms with E-state index in [1.807, 2.05) is 0 Å². The zero-order valence-corrected chi connectivity index (χ0v) is 10.5. The van der Waals surface area contributed by atoms with Crippen molar-refractivity contribution in [1.29, 1.82) is 0 Å². The van der Waals surface area contributed by atoms with E-state index in [4.69, 9.17) is 15.2 Å². The molecule has 1 amide bonds. The fourth-order valence-corrected chi connectivity index (χ4v) is 2.10. The maximum absolute atomic E-state index is 11.3. The van der Waals surface area contributed by atoms with Crippen molar-refractivity contribution in [2.24, 2.45) is 5.73 Å². The van der Waals surface area contributed by atoms with Gasteiger partial charge in [-0.25, -0.2) is 4.68 Å². The number of nitrogens with zero attached hydrogens (tertiary/aromatic N) is 3. The molecule has 1 aromatic rings. The van der Waals surface area contributed by atoms with Gasteiger partial charge in [-0.3, -0.25) is 4.79 Å². The smallest absolute Gasteiger partial charge is 0.271 e. The fourth-order valence-electron chi connectivity index (χ4n) is 2.10. The summed E-state index contributed by atoms with van der Waals surface area (Å²) >= 11 is 0. The van der Waals surface area contributed by atoms with Gasteiger partial charge in [0, 0.05) is 20.1 Å². The molecule has 1 fully saturated rings. The zero-order chi connectivity index (χ0) is 13.0. The summed E-state index contributed by atoms with van der Waals surface area (Å²) in [7, 11) is 1.61. The van der Waals surface area contributed by atoms with Gasteiger partial charge in [-0.05, 0) is 12.8 Å². The van der Waals surface area contributed by atoms with Crippen molar-refractivity contribution in [2.75, 3.05) is 20.3 Å². The maximum Gasteiger partial charge on any atom is 0.271 e. The Hall–Kier alpha value is -1.47. The van der Waals surface area contributed by atoms with E-state index in [-0.39, 0.29) is 11.8 Å². The fraction of sp³-hybridized carbons (Fsp3) is 0.727. The minimum Gasteiger partial charge on any atom is -0.384 e. The Balaban J connectivity index is 2.14. The van der Waals surface area contributed by atoms with E-state index in [1.54, 1.807) is 11.8 Å². The molecule has 1 aliphatic heterocycles. The van der Waals surface area contributed by atoms with Crippen LogP contribution in [0.2, 0.25) is 0 Å². The normalized spacial score (nSPS) is 19.3. The van der Waals surface area contributed by atoms with E-state index in [9.17, 15) is 4.79 Å². The Labute approximate surface area is 105 Å². The first-order valence-corrected chi connectivity index (χ1v) is 6.05. The lowest BCUT2D eigenvalue weighted by molar-refractivity contribution is 0.0920. The standard InChI is InChI=1S/C11H18N4O3/c1-17-6-4-9-10(11(12)16)13-14-15(9)7-8-3-2-5-18-8/h8H,2-7H2,1H3,(H2,12,16). The average molecular weight is 254 g/mol. The van der Waals surface area contributed by atoms with Crippen LogP contribution < -0.4 is 5.73 Å². The first-order valence-electron chi connectivity index (χ1n) is 6.05. The van der Waals surface area contributed by atoms with E-state index >= 15 is 0 Å². The number of methoxy groups -OCH3 is 1. The lowest BCUT2D eigenvalue weighted by Gasteiger charge is -2.11. The lowest BCUT2D eigenvalue weighted by atomic mass is 10.2. The van der Waals surface area contributed by atoms with Crippen LogP contribution in [0.3, 0.4) is 0 Å². The third kappa shape index (κ3) is 2.85. The van der Waals surface area contributed by atoms with Crippen LogP contribution >= 0.6 is 0 Å². The van der Waals surface area contributed by atoms with E-state index in [2.05, 4.69) is 10.3 Å². The Kier molecular flexibility index (Phi) is 4.27. The van der Waals surface area contributed by atoms with Crippen LogP contribution in [0.25, 0.3) is 0 Å². The van der Waals surface area contributed by atoms with E-state index in [1.165, 1.54) is 0 Å². The summed E-state index contributed by atoms with van der Waals surface area (Å²) < 4.78 is 12.3. The van der Waals surface area contributed by atoms with Gasteiger partial charge >= 0.3 is 0 Å². The summed E-state index contributed by atoms with van der Waals surface area (Å²) in [6, 6.07) is 0. The quantitative estimate of drug-likeness (QED) is 0.755. The second-order valence-corrected chi connectivity index (χ2v) is 4.31. The molecule has 0 spiro atoms. The predicted molar refractivity (Wildman–Crippen MR) is 63.1 cm³/mol. The molecule has 2 heterocycles. The van der Waals surface area contributed by atoms with Crippen molar-refractivity contribution in [1.82, 2.24) is 15.0 Å². The Morgan fingerprint density at radius 3 is 3.11 bits per heavy atom. The van der Waals surface area contributed by atoms with Crippen LogP contribution in [0.15, 0.2) is 0 Å². The molecule has 1 saturated heterocycles. The van der Waals surface area contributed by atoms with Crippen LogP contribution in [-0.4, -0.2) is 47.3 Å². The summed E-state index contributed by atoms with van der Waals surface area (Å²) in [6.07, 6.45) is 2.79. The van der Waals surface area contributed by atoms with Crippen LogP contribution in [0.4, 0.5) is 0 Å². The van der Waals surface area contributed by atoms with E-state index in [0.29, 0.717) is 19.6 Å². The summed E-state index contributed by atoms with van der Waals surface area (Å²) in [5.41, 5.74) is 6.23. The molecular weight excluding hydrogens is 236 g/mol. The molecule has 2 N–H and O–H groups in total. The largest absolute Gasteiger partial charge is 0.384 e. The van der Waals surface area contributed by atoms with Gasteiger partial charge in [0.05, 0.1) is 24.9 Å². The molecular formula is C11H18N4O3. The number of hydrogen-bond acceptors (Lipinski definition) is 5. The maximum atomic E-state index is 11.3. The van der Waals surface area contributed by atoms with Gasteiger partial charge < -0.3 is 15.2 Å². The SMILES string of the molecule is COCCc1c(C(N)=O)nnn1CC1CCCO1. The topological polar surface area (TPSA) is 92.3 Å². The molecule has 0 bridgehead atoms. The molecule has 2 rings (SSSR count). The van der Waals surface area contributed by atoms with Crippen molar-refractivity contribution in [3.63, 3.8) is 0 Å². The van der Waals surface area contributed by atoms with Gasteiger partial charge in [0.25, 0.3) is 5.91 Å². The summed E-state index contributed by atoms with van der Waals surface area (Å²) in [5.74, 6) is -0.556. The Morgan fingerprint density at radius 2 is 2.50 bits per heavy atom. The Bertz CT molecular complexity index is 412. The average Bonchev–Trinajstić information content (AvgIpc) is 2.96. The van der Waals surface area contributed by atoms with Crippen LogP contribution in [0, 0.1) is 0 Å². The van der Waals surface area contributed by atoms with Gasteiger partial charge in [0.2, 0.25) is 0 Å². The first-order chi connectivity index (χ1) is 8.72. The molecule has 7 nitrogen and oxygen atoms in total. The minimum atomic E-state index is -0.556. The number of primary amides is 1. The summed E-state index contributed by atoms with van der Waals surface area (Å²) in [6.45, 7) is 1.90. The minimum absolute atomic E-state index is 0.147. The van der Waals surface area contributed by atoms with Crippen molar-refractivity contribution in [3.8, 4) is 0 Å².